The average Bonchev–Trinajstić information content (AvgIpc) is 2.40. The number of carboxylic acid groups (broad SMARTS) is 1. The zero-order valence-electron chi connectivity index (χ0n) is 10.5. The fourth-order valence-electron chi connectivity index (χ4n) is 1.90. The summed E-state index contributed by atoms with van der Waals surface area (Å²) >= 11 is 0. The highest BCUT2D eigenvalue weighted by Crippen LogP contribution is 2.27. The van der Waals surface area contributed by atoms with Crippen molar-refractivity contribution in [2.24, 2.45) is 0 Å². The Hall–Kier alpha value is -2.55. The van der Waals surface area contributed by atoms with E-state index >= 15 is 0 Å². The van der Waals surface area contributed by atoms with Gasteiger partial charge in [-0.05, 0) is 41.3 Å². The third-order valence-corrected chi connectivity index (χ3v) is 2.86. The van der Waals surface area contributed by atoms with Gasteiger partial charge in [0.05, 0.1) is 0 Å². The van der Waals surface area contributed by atoms with E-state index in [-0.39, 0.29) is 5.75 Å². The molecule has 0 heterocycles. The molecule has 2 rings (SSSR count). The smallest absolute Gasteiger partial charge is 0.328 e. The molecule has 2 N–H and O–H groups in total. The first-order valence-electron chi connectivity index (χ1n) is 5.88. The topological polar surface area (TPSA) is 57.5 Å². The predicted molar refractivity (Wildman–Crippen MR) is 74.0 cm³/mol. The zero-order valence-corrected chi connectivity index (χ0v) is 10.5. The van der Waals surface area contributed by atoms with E-state index in [0.29, 0.717) is 11.1 Å². The molecule has 0 spiro atoms. The summed E-state index contributed by atoms with van der Waals surface area (Å²) in [6, 6.07) is 14.4. The van der Waals surface area contributed by atoms with Crippen LogP contribution in [-0.4, -0.2) is 16.2 Å². The molecule has 0 amide bonds. The number of carboxylic acids is 1. The predicted octanol–water partition coefficient (Wildman–Crippen LogP) is 3.22. The number of phenols is 1. The van der Waals surface area contributed by atoms with Crippen molar-refractivity contribution in [1.82, 2.24) is 0 Å². The van der Waals surface area contributed by atoms with Gasteiger partial charge in [-0.15, -0.1) is 0 Å². The van der Waals surface area contributed by atoms with E-state index in [0.717, 1.165) is 11.1 Å². The first kappa shape index (κ1) is 12.9. The summed E-state index contributed by atoms with van der Waals surface area (Å²) in [5.74, 6) is -0.795. The van der Waals surface area contributed by atoms with Crippen molar-refractivity contribution in [3.8, 4) is 5.75 Å². The number of rotatable bonds is 3. The summed E-state index contributed by atoms with van der Waals surface area (Å²) < 4.78 is 0. The van der Waals surface area contributed by atoms with E-state index in [1.807, 2.05) is 30.3 Å². The minimum atomic E-state index is -0.996. The molecule has 0 atom stereocenters. The number of benzene rings is 2. The molecule has 0 aliphatic heterocycles. The van der Waals surface area contributed by atoms with Gasteiger partial charge in [0, 0.05) is 6.08 Å². The Bertz CT molecular complexity index is 628. The standard InChI is InChI=1S/C16H14O3/c1-11-9-13(7-8-15(11)17)14(10-16(18)19)12-5-3-2-4-6-12/h2-10,17H,1H3,(H,18,19). The average molecular weight is 254 g/mol. The van der Waals surface area contributed by atoms with Crippen LogP contribution in [-0.2, 0) is 4.79 Å². The van der Waals surface area contributed by atoms with Crippen LogP contribution in [0.3, 0.4) is 0 Å². The molecule has 19 heavy (non-hydrogen) atoms. The molecule has 0 fully saturated rings. The summed E-state index contributed by atoms with van der Waals surface area (Å²) in [6.45, 7) is 1.78. The van der Waals surface area contributed by atoms with Crippen LogP contribution in [0.15, 0.2) is 54.6 Å². The summed E-state index contributed by atoms with van der Waals surface area (Å²) in [4.78, 5) is 11.0. The molecule has 0 saturated carbocycles. The van der Waals surface area contributed by atoms with Gasteiger partial charge >= 0.3 is 5.97 Å². The Morgan fingerprint density at radius 3 is 2.32 bits per heavy atom. The van der Waals surface area contributed by atoms with E-state index < -0.39 is 5.97 Å². The molecule has 0 saturated heterocycles. The number of phenolic OH excluding ortho intramolecular Hbond substituents is 1. The molecule has 0 aromatic heterocycles. The molecule has 0 unspecified atom stereocenters. The molecule has 0 bridgehead atoms. The maximum absolute atomic E-state index is 11.0. The quantitative estimate of drug-likeness (QED) is 0.827. The van der Waals surface area contributed by atoms with E-state index in [1.54, 1.807) is 25.1 Å². The Balaban J connectivity index is 2.56. The van der Waals surface area contributed by atoms with Gasteiger partial charge in [0.25, 0.3) is 0 Å². The molecule has 3 nitrogen and oxygen atoms in total. The second-order valence-corrected chi connectivity index (χ2v) is 4.26. The number of hydrogen-bond acceptors (Lipinski definition) is 2. The first-order chi connectivity index (χ1) is 9.08. The van der Waals surface area contributed by atoms with Crippen molar-refractivity contribution in [3.63, 3.8) is 0 Å². The maximum Gasteiger partial charge on any atom is 0.328 e. The molecular formula is C16H14O3. The van der Waals surface area contributed by atoms with Gasteiger partial charge in [0.2, 0.25) is 0 Å². The number of hydrogen-bond donors (Lipinski definition) is 2. The van der Waals surface area contributed by atoms with Crippen LogP contribution in [0.4, 0.5) is 0 Å². The Morgan fingerprint density at radius 1 is 1.05 bits per heavy atom. The SMILES string of the molecule is Cc1cc(C(=CC(=O)O)c2ccccc2)ccc1O. The Morgan fingerprint density at radius 2 is 1.74 bits per heavy atom. The highest BCUT2D eigenvalue weighted by atomic mass is 16.4. The summed E-state index contributed by atoms with van der Waals surface area (Å²) in [7, 11) is 0. The van der Waals surface area contributed by atoms with Crippen molar-refractivity contribution >= 4 is 11.5 Å². The lowest BCUT2D eigenvalue weighted by Crippen LogP contribution is -1.95. The number of carbonyl (C=O) groups is 1. The van der Waals surface area contributed by atoms with Crippen molar-refractivity contribution < 1.29 is 15.0 Å². The zero-order chi connectivity index (χ0) is 13.8. The largest absolute Gasteiger partial charge is 0.508 e. The summed E-state index contributed by atoms with van der Waals surface area (Å²) in [5, 5.41) is 18.5. The molecule has 0 aliphatic carbocycles. The Kier molecular flexibility index (Phi) is 3.66. The molecule has 96 valence electrons. The van der Waals surface area contributed by atoms with Crippen LogP contribution in [0.2, 0.25) is 0 Å². The van der Waals surface area contributed by atoms with E-state index in [2.05, 4.69) is 0 Å². The van der Waals surface area contributed by atoms with E-state index in [4.69, 9.17) is 5.11 Å². The minimum absolute atomic E-state index is 0.200. The van der Waals surface area contributed by atoms with Crippen LogP contribution in [0.1, 0.15) is 16.7 Å². The first-order valence-corrected chi connectivity index (χ1v) is 5.88. The monoisotopic (exact) mass is 254 g/mol. The Labute approximate surface area is 111 Å². The van der Waals surface area contributed by atoms with Crippen molar-refractivity contribution in [2.75, 3.05) is 0 Å². The summed E-state index contributed by atoms with van der Waals surface area (Å²) in [5.41, 5.74) is 2.93. The third kappa shape index (κ3) is 3.01. The molecule has 3 heteroatoms. The van der Waals surface area contributed by atoms with Gasteiger partial charge in [-0.2, -0.15) is 0 Å². The fraction of sp³-hybridized carbons (Fsp3) is 0.0625. The lowest BCUT2D eigenvalue weighted by atomic mass is 9.96. The molecule has 2 aromatic rings. The van der Waals surface area contributed by atoms with Crippen LogP contribution < -0.4 is 0 Å². The van der Waals surface area contributed by atoms with Gasteiger partial charge in [-0.3, -0.25) is 0 Å². The van der Waals surface area contributed by atoms with Gasteiger partial charge in [-0.1, -0.05) is 36.4 Å². The molecular weight excluding hydrogens is 240 g/mol. The van der Waals surface area contributed by atoms with Crippen molar-refractivity contribution in [3.05, 3.63) is 71.3 Å². The normalized spacial score (nSPS) is 11.3. The highest BCUT2D eigenvalue weighted by molar-refractivity contribution is 5.95. The van der Waals surface area contributed by atoms with E-state index in [1.165, 1.54) is 6.08 Å². The van der Waals surface area contributed by atoms with Gasteiger partial charge < -0.3 is 10.2 Å². The lowest BCUT2D eigenvalue weighted by molar-refractivity contribution is -0.131. The van der Waals surface area contributed by atoms with Gasteiger partial charge in [-0.25, -0.2) is 4.79 Å². The maximum atomic E-state index is 11.0. The minimum Gasteiger partial charge on any atom is -0.508 e. The van der Waals surface area contributed by atoms with Crippen LogP contribution in [0.5, 0.6) is 5.75 Å². The second-order valence-electron chi connectivity index (χ2n) is 4.26. The van der Waals surface area contributed by atoms with Crippen molar-refractivity contribution in [1.29, 1.82) is 0 Å². The molecule has 0 radical (unpaired) electrons. The van der Waals surface area contributed by atoms with Crippen molar-refractivity contribution in [2.45, 2.75) is 6.92 Å². The van der Waals surface area contributed by atoms with Crippen LogP contribution in [0, 0.1) is 6.92 Å². The fourth-order valence-corrected chi connectivity index (χ4v) is 1.90. The number of aryl methyl sites for hydroxylation is 1. The second kappa shape index (κ2) is 5.40. The third-order valence-electron chi connectivity index (χ3n) is 2.86. The van der Waals surface area contributed by atoms with Crippen LogP contribution in [0.25, 0.3) is 5.57 Å². The number of aliphatic carboxylic acids is 1. The van der Waals surface area contributed by atoms with Crippen LogP contribution >= 0.6 is 0 Å². The summed E-state index contributed by atoms with van der Waals surface area (Å²) in [6.07, 6.45) is 1.18. The van der Waals surface area contributed by atoms with E-state index in [9.17, 15) is 9.90 Å². The van der Waals surface area contributed by atoms with Gasteiger partial charge in [0.15, 0.2) is 0 Å². The molecule has 0 aliphatic rings. The lowest BCUT2D eigenvalue weighted by Gasteiger charge is -2.09. The van der Waals surface area contributed by atoms with Gasteiger partial charge in [0.1, 0.15) is 5.75 Å². The number of aromatic hydroxyl groups is 1. The molecule has 2 aromatic carbocycles. The highest BCUT2D eigenvalue weighted by Gasteiger charge is 2.08.